The van der Waals surface area contributed by atoms with Gasteiger partial charge in [0.1, 0.15) is 0 Å². The predicted molar refractivity (Wildman–Crippen MR) is 55.7 cm³/mol. The van der Waals surface area contributed by atoms with E-state index in [1.807, 2.05) is 18.3 Å². The van der Waals surface area contributed by atoms with Crippen LogP contribution in [-0.2, 0) is 0 Å². The van der Waals surface area contributed by atoms with Gasteiger partial charge in [-0.1, -0.05) is 0 Å². The van der Waals surface area contributed by atoms with Crippen molar-refractivity contribution < 1.29 is 5.11 Å². The molecule has 1 aromatic rings. The third-order valence-electron chi connectivity index (χ3n) is 3.23. The summed E-state index contributed by atoms with van der Waals surface area (Å²) in [7, 11) is 0. The number of H-pyrrole nitrogens is 1. The van der Waals surface area contributed by atoms with Gasteiger partial charge in [0.2, 0.25) is 0 Å². The monoisotopic (exact) mass is 194 g/mol. The lowest BCUT2D eigenvalue weighted by molar-refractivity contribution is 0.101. The van der Waals surface area contributed by atoms with Gasteiger partial charge in [-0.25, -0.2) is 0 Å². The van der Waals surface area contributed by atoms with E-state index in [4.69, 9.17) is 5.73 Å². The van der Waals surface area contributed by atoms with E-state index in [2.05, 4.69) is 4.98 Å². The molecule has 1 aromatic heterocycles. The zero-order valence-corrected chi connectivity index (χ0v) is 8.32. The number of aliphatic hydroxyl groups is 1. The van der Waals surface area contributed by atoms with Gasteiger partial charge < -0.3 is 15.8 Å². The Bertz CT molecular complexity index is 263. The van der Waals surface area contributed by atoms with Gasteiger partial charge in [0.05, 0.1) is 6.10 Å². The van der Waals surface area contributed by atoms with Crippen molar-refractivity contribution in [1.29, 1.82) is 0 Å². The van der Waals surface area contributed by atoms with Crippen LogP contribution in [-0.4, -0.2) is 16.2 Å². The van der Waals surface area contributed by atoms with Crippen LogP contribution in [0, 0.1) is 5.92 Å². The Kier molecular flexibility index (Phi) is 2.89. The molecule has 0 saturated heterocycles. The topological polar surface area (TPSA) is 62.0 Å². The van der Waals surface area contributed by atoms with Gasteiger partial charge in [-0.3, -0.25) is 0 Å². The molecule has 0 aromatic carbocycles. The zero-order chi connectivity index (χ0) is 9.97. The van der Waals surface area contributed by atoms with Crippen molar-refractivity contribution in [2.24, 2.45) is 11.7 Å². The molecule has 1 atom stereocenters. The van der Waals surface area contributed by atoms with Crippen molar-refractivity contribution in [3.8, 4) is 0 Å². The van der Waals surface area contributed by atoms with E-state index in [-0.39, 0.29) is 12.1 Å². The molecular formula is C11H18N2O. The summed E-state index contributed by atoms with van der Waals surface area (Å²) in [6.45, 7) is 0. The Morgan fingerprint density at radius 2 is 2.07 bits per heavy atom. The summed E-state index contributed by atoms with van der Waals surface area (Å²) in [5.41, 5.74) is 7.26. The average molecular weight is 194 g/mol. The fraction of sp³-hybridized carbons (Fsp3) is 0.636. The summed E-state index contributed by atoms with van der Waals surface area (Å²) in [4.78, 5) is 3.16. The minimum absolute atomic E-state index is 0.0953. The molecule has 3 heteroatoms. The fourth-order valence-corrected chi connectivity index (χ4v) is 2.27. The van der Waals surface area contributed by atoms with Gasteiger partial charge in [-0.2, -0.15) is 0 Å². The molecule has 1 saturated carbocycles. The first-order valence-electron chi connectivity index (χ1n) is 5.34. The number of aromatic amines is 1. The van der Waals surface area contributed by atoms with Gasteiger partial charge in [0, 0.05) is 17.9 Å². The standard InChI is InChI=1S/C11H18N2O/c12-11(10-2-1-7-13-10)8-3-5-9(14)6-4-8/h1-2,7-9,11,13-14H,3-6,12H2. The Labute approximate surface area is 84.3 Å². The molecule has 0 aliphatic heterocycles. The minimum atomic E-state index is -0.0953. The Morgan fingerprint density at radius 3 is 2.64 bits per heavy atom. The molecule has 2 rings (SSSR count). The molecule has 78 valence electrons. The molecule has 1 aliphatic rings. The van der Waals surface area contributed by atoms with Crippen LogP contribution in [0.5, 0.6) is 0 Å². The van der Waals surface area contributed by atoms with E-state index in [9.17, 15) is 5.11 Å². The molecule has 1 fully saturated rings. The third kappa shape index (κ3) is 1.99. The number of nitrogens with one attached hydrogen (secondary N) is 1. The number of hydrogen-bond donors (Lipinski definition) is 3. The predicted octanol–water partition coefficient (Wildman–Crippen LogP) is 1.57. The van der Waals surface area contributed by atoms with Gasteiger partial charge in [-0.15, -0.1) is 0 Å². The van der Waals surface area contributed by atoms with Crippen molar-refractivity contribution >= 4 is 0 Å². The largest absolute Gasteiger partial charge is 0.393 e. The highest BCUT2D eigenvalue weighted by molar-refractivity contribution is 5.09. The molecular weight excluding hydrogens is 176 g/mol. The molecule has 1 unspecified atom stereocenters. The van der Waals surface area contributed by atoms with E-state index in [0.717, 1.165) is 31.4 Å². The molecule has 3 nitrogen and oxygen atoms in total. The highest BCUT2D eigenvalue weighted by atomic mass is 16.3. The zero-order valence-electron chi connectivity index (χ0n) is 8.32. The first-order chi connectivity index (χ1) is 6.77. The highest BCUT2D eigenvalue weighted by Gasteiger charge is 2.25. The van der Waals surface area contributed by atoms with Crippen LogP contribution in [0.25, 0.3) is 0 Å². The van der Waals surface area contributed by atoms with Gasteiger partial charge >= 0.3 is 0 Å². The van der Waals surface area contributed by atoms with Gasteiger partial charge in [0.15, 0.2) is 0 Å². The summed E-state index contributed by atoms with van der Waals surface area (Å²) in [6, 6.07) is 4.13. The summed E-state index contributed by atoms with van der Waals surface area (Å²) in [5, 5.41) is 9.39. The van der Waals surface area contributed by atoms with Crippen molar-refractivity contribution in [2.45, 2.75) is 37.8 Å². The lowest BCUT2D eigenvalue weighted by Crippen LogP contribution is -2.27. The maximum Gasteiger partial charge on any atom is 0.0540 e. The summed E-state index contributed by atoms with van der Waals surface area (Å²) < 4.78 is 0. The number of nitrogens with two attached hydrogens (primary N) is 1. The lowest BCUT2D eigenvalue weighted by atomic mass is 9.82. The molecule has 0 radical (unpaired) electrons. The van der Waals surface area contributed by atoms with E-state index in [1.54, 1.807) is 0 Å². The van der Waals surface area contributed by atoms with Crippen molar-refractivity contribution in [1.82, 2.24) is 4.98 Å². The van der Waals surface area contributed by atoms with E-state index in [1.165, 1.54) is 0 Å². The lowest BCUT2D eigenvalue weighted by Gasteiger charge is -2.29. The van der Waals surface area contributed by atoms with E-state index >= 15 is 0 Å². The maximum atomic E-state index is 9.39. The van der Waals surface area contributed by atoms with Crippen molar-refractivity contribution in [3.05, 3.63) is 24.0 Å². The summed E-state index contributed by atoms with van der Waals surface area (Å²) in [6.07, 6.45) is 5.70. The molecule has 14 heavy (non-hydrogen) atoms. The molecule has 1 heterocycles. The normalized spacial score (nSPS) is 30.1. The second-order valence-corrected chi connectivity index (χ2v) is 4.22. The molecule has 1 aliphatic carbocycles. The smallest absolute Gasteiger partial charge is 0.0540 e. The Hall–Kier alpha value is -0.800. The number of rotatable bonds is 2. The second kappa shape index (κ2) is 4.15. The third-order valence-corrected chi connectivity index (χ3v) is 3.23. The van der Waals surface area contributed by atoms with Crippen LogP contribution in [0.3, 0.4) is 0 Å². The SMILES string of the molecule is NC(c1ccc[nH]1)C1CCC(O)CC1. The van der Waals surface area contributed by atoms with Crippen LogP contribution in [0.1, 0.15) is 37.4 Å². The van der Waals surface area contributed by atoms with Gasteiger partial charge in [-0.05, 0) is 43.7 Å². The van der Waals surface area contributed by atoms with Gasteiger partial charge in [0.25, 0.3) is 0 Å². The molecule has 4 N–H and O–H groups in total. The Balaban J connectivity index is 1.95. The van der Waals surface area contributed by atoms with Crippen LogP contribution < -0.4 is 5.73 Å². The summed E-state index contributed by atoms with van der Waals surface area (Å²) in [5.74, 6) is 0.525. The number of aromatic nitrogens is 1. The quantitative estimate of drug-likeness (QED) is 0.669. The highest BCUT2D eigenvalue weighted by Crippen LogP contribution is 2.32. The average Bonchev–Trinajstić information content (AvgIpc) is 2.71. The Morgan fingerprint density at radius 1 is 1.36 bits per heavy atom. The van der Waals surface area contributed by atoms with Crippen molar-refractivity contribution in [3.63, 3.8) is 0 Å². The van der Waals surface area contributed by atoms with Crippen molar-refractivity contribution in [2.75, 3.05) is 0 Å². The van der Waals surface area contributed by atoms with E-state index in [0.29, 0.717) is 5.92 Å². The van der Waals surface area contributed by atoms with Crippen LogP contribution >= 0.6 is 0 Å². The van der Waals surface area contributed by atoms with Crippen LogP contribution in [0.4, 0.5) is 0 Å². The maximum absolute atomic E-state index is 9.39. The van der Waals surface area contributed by atoms with Crippen LogP contribution in [0.2, 0.25) is 0 Å². The minimum Gasteiger partial charge on any atom is -0.393 e. The van der Waals surface area contributed by atoms with E-state index < -0.39 is 0 Å². The molecule has 0 bridgehead atoms. The number of aliphatic hydroxyl groups excluding tert-OH is 1. The molecule has 0 amide bonds. The first kappa shape index (κ1) is 9.74. The second-order valence-electron chi connectivity index (χ2n) is 4.22. The first-order valence-corrected chi connectivity index (χ1v) is 5.34. The number of hydrogen-bond acceptors (Lipinski definition) is 2. The fourth-order valence-electron chi connectivity index (χ4n) is 2.27. The molecule has 0 spiro atoms. The van der Waals surface area contributed by atoms with Crippen LogP contribution in [0.15, 0.2) is 18.3 Å². The summed E-state index contributed by atoms with van der Waals surface area (Å²) >= 11 is 0.